The third kappa shape index (κ3) is 5.14. The van der Waals surface area contributed by atoms with E-state index in [2.05, 4.69) is 146 Å². The molecule has 6 aromatic carbocycles. The molecule has 0 bridgehead atoms. The van der Waals surface area contributed by atoms with E-state index in [-0.39, 0.29) is 0 Å². The number of allylic oxidation sites excluding steroid dienone is 2. The Balaban J connectivity index is 1.39. The van der Waals surface area contributed by atoms with Crippen molar-refractivity contribution in [3.05, 3.63) is 150 Å². The smallest absolute Gasteiger partial charge is 0.0500 e. The maximum absolute atomic E-state index is 2.53. The summed E-state index contributed by atoms with van der Waals surface area (Å²) in [5, 5.41) is 5.45. The quantitative estimate of drug-likeness (QED) is 0.160. The number of nitrogens with zero attached hydrogens (tertiary/aromatic N) is 1. The van der Waals surface area contributed by atoms with Crippen LogP contribution in [0.3, 0.4) is 0 Å². The first kappa shape index (κ1) is 27.2. The summed E-state index contributed by atoms with van der Waals surface area (Å²) in [5.41, 5.74) is 12.5. The molecule has 0 N–H and O–H groups in total. The third-order valence-corrected chi connectivity index (χ3v) is 9.01. The van der Waals surface area contributed by atoms with E-state index in [1.54, 1.807) is 0 Å². The largest absolute Gasteiger partial charge is 0.310 e. The Bertz CT molecular complexity index is 1890. The zero-order chi connectivity index (χ0) is 29.2. The summed E-state index contributed by atoms with van der Waals surface area (Å²) in [4.78, 5) is 2.43. The van der Waals surface area contributed by atoms with Crippen molar-refractivity contribution in [2.45, 2.75) is 52.4 Å². The maximum atomic E-state index is 2.53. The second-order valence-electron chi connectivity index (χ2n) is 11.8. The van der Waals surface area contributed by atoms with Crippen LogP contribution in [0, 0.1) is 0 Å². The molecule has 0 atom stereocenters. The number of hydrogen-bond acceptors (Lipinski definition) is 1. The highest BCUT2D eigenvalue weighted by atomic mass is 15.1. The van der Waals surface area contributed by atoms with Crippen molar-refractivity contribution in [1.82, 2.24) is 0 Å². The molecule has 0 aliphatic heterocycles. The molecule has 0 radical (unpaired) electrons. The first-order chi connectivity index (χ1) is 21.2. The van der Waals surface area contributed by atoms with E-state index >= 15 is 0 Å². The van der Waals surface area contributed by atoms with E-state index in [1.165, 1.54) is 72.0 Å². The van der Waals surface area contributed by atoms with Gasteiger partial charge in [-0.15, -0.1) is 0 Å². The Hall–Kier alpha value is -4.62. The van der Waals surface area contributed by atoms with Crippen molar-refractivity contribution < 1.29 is 0 Å². The fraction of sp³-hybridized carbons (Fsp3) is 0.190. The zero-order valence-corrected chi connectivity index (χ0v) is 25.3. The minimum Gasteiger partial charge on any atom is -0.310 e. The van der Waals surface area contributed by atoms with Crippen LogP contribution in [0.5, 0.6) is 0 Å². The summed E-state index contributed by atoms with van der Waals surface area (Å²) >= 11 is 0. The lowest BCUT2D eigenvalue weighted by atomic mass is 9.86. The van der Waals surface area contributed by atoms with Crippen LogP contribution in [-0.2, 0) is 12.8 Å². The van der Waals surface area contributed by atoms with Gasteiger partial charge in [0.1, 0.15) is 0 Å². The maximum Gasteiger partial charge on any atom is 0.0500 e. The number of anilines is 3. The van der Waals surface area contributed by atoms with E-state index in [1.807, 2.05) is 0 Å². The van der Waals surface area contributed by atoms with Gasteiger partial charge in [0.05, 0.1) is 0 Å². The van der Waals surface area contributed by atoms with Crippen molar-refractivity contribution in [2.24, 2.45) is 0 Å². The first-order valence-corrected chi connectivity index (χ1v) is 16.0. The second kappa shape index (κ2) is 11.9. The van der Waals surface area contributed by atoms with E-state index in [0.29, 0.717) is 0 Å². The molecule has 1 aliphatic carbocycles. The number of hydrogen-bond donors (Lipinski definition) is 0. The average Bonchev–Trinajstić information content (AvgIpc) is 3.50. The van der Waals surface area contributed by atoms with Crippen LogP contribution >= 0.6 is 0 Å². The standard InChI is InChI=1S/C42H39N/c1-3-13-38(32-22-21-30-15-11-12-16-31(30)27-32)39(14-4-2)35-28-33-23-25-40-41(26-24-34(29-35)42(33)40)43(36-17-7-5-8-18-36)37-19-9-6-10-20-37/h5-12,15-22,24,26-29H,3-4,13-14,23,25H2,1-2H3/b39-38+. The summed E-state index contributed by atoms with van der Waals surface area (Å²) in [5.74, 6) is 0. The van der Waals surface area contributed by atoms with Crippen molar-refractivity contribution in [3.8, 4) is 0 Å². The Morgan fingerprint density at radius 2 is 1.12 bits per heavy atom. The van der Waals surface area contributed by atoms with Crippen molar-refractivity contribution in [3.63, 3.8) is 0 Å². The van der Waals surface area contributed by atoms with Gasteiger partial charge in [-0.2, -0.15) is 0 Å². The molecule has 0 aromatic heterocycles. The van der Waals surface area contributed by atoms with Crippen LogP contribution in [0.25, 0.3) is 32.7 Å². The summed E-state index contributed by atoms with van der Waals surface area (Å²) < 4.78 is 0. The van der Waals surface area contributed by atoms with Gasteiger partial charge < -0.3 is 4.90 Å². The highest BCUT2D eigenvalue weighted by Crippen LogP contribution is 2.45. The lowest BCUT2D eigenvalue weighted by molar-refractivity contribution is 0.944. The molecule has 0 amide bonds. The van der Waals surface area contributed by atoms with Gasteiger partial charge in [0.2, 0.25) is 0 Å². The molecule has 6 aromatic rings. The molecule has 0 fully saturated rings. The number of para-hydroxylation sites is 2. The van der Waals surface area contributed by atoms with Gasteiger partial charge in [0.25, 0.3) is 0 Å². The van der Waals surface area contributed by atoms with E-state index in [0.717, 1.165) is 38.5 Å². The monoisotopic (exact) mass is 557 g/mol. The summed E-state index contributed by atoms with van der Waals surface area (Å²) in [6.45, 7) is 4.62. The topological polar surface area (TPSA) is 3.24 Å². The van der Waals surface area contributed by atoms with Crippen molar-refractivity contribution in [2.75, 3.05) is 4.90 Å². The Kier molecular flexibility index (Phi) is 7.56. The predicted molar refractivity (Wildman–Crippen MR) is 187 cm³/mol. The molecule has 1 aliphatic rings. The highest BCUT2D eigenvalue weighted by Gasteiger charge is 2.24. The SMILES string of the molecule is CCC/C(=C(/CCC)c1cc2c3c(c(N(c4ccccc4)c4ccccc4)ccc3c1)CC2)c1ccc2ccccc2c1. The Morgan fingerprint density at radius 1 is 0.535 bits per heavy atom. The molecule has 43 heavy (non-hydrogen) atoms. The molecule has 0 saturated carbocycles. The highest BCUT2D eigenvalue weighted by molar-refractivity contribution is 6.01. The molecular formula is C42H39N. The molecule has 1 heteroatoms. The van der Waals surface area contributed by atoms with Crippen LogP contribution in [0.15, 0.2) is 127 Å². The Morgan fingerprint density at radius 3 is 1.79 bits per heavy atom. The van der Waals surface area contributed by atoms with Gasteiger partial charge in [-0.3, -0.25) is 0 Å². The van der Waals surface area contributed by atoms with Crippen molar-refractivity contribution in [1.29, 1.82) is 0 Å². The van der Waals surface area contributed by atoms with Gasteiger partial charge in [-0.25, -0.2) is 0 Å². The van der Waals surface area contributed by atoms with Crippen molar-refractivity contribution >= 4 is 49.8 Å². The molecule has 212 valence electrons. The second-order valence-corrected chi connectivity index (χ2v) is 11.8. The lowest BCUT2D eigenvalue weighted by Gasteiger charge is -2.27. The summed E-state index contributed by atoms with van der Waals surface area (Å²) in [7, 11) is 0. The fourth-order valence-corrected chi connectivity index (χ4v) is 7.11. The van der Waals surface area contributed by atoms with Crippen LogP contribution in [0.1, 0.15) is 61.8 Å². The number of rotatable bonds is 9. The summed E-state index contributed by atoms with van der Waals surface area (Å²) in [6.07, 6.45) is 6.62. The van der Waals surface area contributed by atoms with E-state index < -0.39 is 0 Å². The molecule has 0 heterocycles. The average molecular weight is 558 g/mol. The minimum atomic E-state index is 1.07. The normalized spacial score (nSPS) is 13.0. The molecule has 1 nitrogen and oxygen atoms in total. The Labute approximate surface area is 256 Å². The third-order valence-electron chi connectivity index (χ3n) is 9.01. The van der Waals surface area contributed by atoms with Crippen LogP contribution in [0.4, 0.5) is 17.1 Å². The molecule has 0 unspecified atom stereocenters. The van der Waals surface area contributed by atoms with Gasteiger partial charge in [-0.1, -0.05) is 112 Å². The lowest BCUT2D eigenvalue weighted by Crippen LogP contribution is -2.11. The number of aryl methyl sites for hydroxylation is 2. The predicted octanol–water partition coefficient (Wildman–Crippen LogP) is 12.1. The van der Waals surface area contributed by atoms with E-state index in [9.17, 15) is 0 Å². The van der Waals surface area contributed by atoms with Crippen LogP contribution in [-0.4, -0.2) is 0 Å². The van der Waals surface area contributed by atoms with Gasteiger partial charge in [0.15, 0.2) is 0 Å². The van der Waals surface area contributed by atoms with Crippen LogP contribution in [0.2, 0.25) is 0 Å². The fourth-order valence-electron chi connectivity index (χ4n) is 7.11. The van der Waals surface area contributed by atoms with Gasteiger partial charge in [-0.05, 0) is 123 Å². The number of fused-ring (bicyclic) bond motifs is 1. The summed E-state index contributed by atoms with van der Waals surface area (Å²) in [6, 6.07) is 47.1. The molecule has 0 saturated heterocycles. The van der Waals surface area contributed by atoms with Crippen LogP contribution < -0.4 is 4.90 Å². The van der Waals surface area contributed by atoms with E-state index in [4.69, 9.17) is 0 Å². The molecule has 0 spiro atoms. The van der Waals surface area contributed by atoms with Gasteiger partial charge in [0, 0.05) is 17.1 Å². The van der Waals surface area contributed by atoms with Gasteiger partial charge >= 0.3 is 0 Å². The molecular weight excluding hydrogens is 518 g/mol. The number of benzene rings is 6. The minimum absolute atomic E-state index is 1.07. The zero-order valence-electron chi connectivity index (χ0n) is 25.3. The molecule has 7 rings (SSSR count). The first-order valence-electron chi connectivity index (χ1n) is 16.0.